The first kappa shape index (κ1) is 19.5. The number of pyridine rings is 1. The number of amides is 1. The summed E-state index contributed by atoms with van der Waals surface area (Å²) < 4.78 is 35.5. The molecule has 0 radical (unpaired) electrons. The summed E-state index contributed by atoms with van der Waals surface area (Å²) in [5.74, 6) is -0.517. The molecule has 0 saturated heterocycles. The third kappa shape index (κ3) is 3.83. The number of ether oxygens (including phenoxy) is 1. The molecule has 5 nitrogen and oxygen atoms in total. The maximum atomic E-state index is 14.9. The second-order valence-electron chi connectivity index (χ2n) is 8.04. The van der Waals surface area contributed by atoms with Crippen LogP contribution in [0.1, 0.15) is 28.8 Å². The molecule has 1 amide bonds. The van der Waals surface area contributed by atoms with Crippen LogP contribution in [0.4, 0.5) is 14.6 Å². The highest BCUT2D eigenvalue weighted by atomic mass is 19.1. The number of nitrogens with zero attached hydrogens (tertiary/aromatic N) is 1. The highest BCUT2D eigenvalue weighted by molar-refractivity contribution is 5.97. The van der Waals surface area contributed by atoms with Gasteiger partial charge in [0.2, 0.25) is 5.95 Å². The fraction of sp³-hybridized carbons (Fsp3) is 0.250. The number of aromatic nitrogens is 1. The molecule has 2 heterocycles. The lowest BCUT2D eigenvalue weighted by Crippen LogP contribution is -2.32. The smallest absolute Gasteiger partial charge is 0.251 e. The molecule has 1 aliphatic heterocycles. The third-order valence-electron chi connectivity index (χ3n) is 5.74. The number of carbonyl (C=O) groups is 1. The van der Waals surface area contributed by atoms with E-state index in [0.717, 1.165) is 5.56 Å². The Labute approximate surface area is 178 Å². The number of nitrogens with one attached hydrogen (secondary N) is 1. The highest BCUT2D eigenvalue weighted by Crippen LogP contribution is 2.36. The molecule has 5 rings (SSSR count). The molecule has 1 fully saturated rings. The number of anilines is 1. The zero-order chi connectivity index (χ0) is 21.5. The van der Waals surface area contributed by atoms with Crippen LogP contribution in [-0.2, 0) is 6.42 Å². The lowest BCUT2D eigenvalue weighted by Gasteiger charge is -2.19. The number of benzene rings is 2. The molecule has 31 heavy (non-hydrogen) atoms. The summed E-state index contributed by atoms with van der Waals surface area (Å²) in [5.41, 5.74) is 8.25. The molecule has 1 aromatic heterocycles. The molecule has 7 heteroatoms. The Morgan fingerprint density at radius 2 is 1.90 bits per heavy atom. The van der Waals surface area contributed by atoms with Crippen molar-refractivity contribution in [1.29, 1.82) is 0 Å². The van der Waals surface area contributed by atoms with Crippen molar-refractivity contribution < 1.29 is 18.3 Å². The van der Waals surface area contributed by atoms with E-state index in [4.69, 9.17) is 10.5 Å². The average molecular weight is 421 g/mol. The maximum absolute atomic E-state index is 14.9. The monoisotopic (exact) mass is 421 g/mol. The summed E-state index contributed by atoms with van der Waals surface area (Å²) in [6, 6.07) is 11.4. The average Bonchev–Trinajstić information content (AvgIpc) is 3.58. The van der Waals surface area contributed by atoms with Crippen molar-refractivity contribution in [1.82, 2.24) is 10.3 Å². The number of hydrogen-bond donors (Lipinski definition) is 2. The molecule has 158 valence electrons. The molecule has 1 aliphatic carbocycles. The van der Waals surface area contributed by atoms with Crippen LogP contribution in [0.5, 0.6) is 5.75 Å². The lowest BCUT2D eigenvalue weighted by atomic mass is 9.93. The van der Waals surface area contributed by atoms with Gasteiger partial charge < -0.3 is 15.8 Å². The normalized spacial score (nSPS) is 15.4. The number of rotatable bonds is 5. The Morgan fingerprint density at radius 3 is 2.71 bits per heavy atom. The van der Waals surface area contributed by atoms with Crippen molar-refractivity contribution in [2.75, 3.05) is 18.9 Å². The van der Waals surface area contributed by atoms with Gasteiger partial charge in [0.25, 0.3) is 5.91 Å². The van der Waals surface area contributed by atoms with Gasteiger partial charge in [0.1, 0.15) is 17.4 Å². The molecule has 2 aliphatic rings. The van der Waals surface area contributed by atoms with E-state index < -0.39 is 11.8 Å². The van der Waals surface area contributed by atoms with Gasteiger partial charge in [-0.15, -0.1) is 0 Å². The van der Waals surface area contributed by atoms with E-state index in [1.165, 1.54) is 25.0 Å². The summed E-state index contributed by atoms with van der Waals surface area (Å²) in [5, 5.41) is 2.70. The number of nitrogen functional groups attached to an aromatic ring is 1. The predicted octanol–water partition coefficient (Wildman–Crippen LogP) is 4.35. The van der Waals surface area contributed by atoms with Crippen LogP contribution in [0.3, 0.4) is 0 Å². The molecule has 0 bridgehead atoms. The first-order valence-electron chi connectivity index (χ1n) is 10.3. The van der Waals surface area contributed by atoms with E-state index in [-0.39, 0.29) is 28.4 Å². The van der Waals surface area contributed by atoms with Gasteiger partial charge in [0.15, 0.2) is 0 Å². The van der Waals surface area contributed by atoms with Gasteiger partial charge >= 0.3 is 0 Å². The van der Waals surface area contributed by atoms with E-state index in [1.54, 1.807) is 24.3 Å². The minimum absolute atomic E-state index is 0.110. The molecular weight excluding hydrogens is 400 g/mol. The second-order valence-corrected chi connectivity index (χ2v) is 8.04. The molecule has 3 N–H and O–H groups in total. The Morgan fingerprint density at radius 1 is 1.06 bits per heavy atom. The number of nitrogens with two attached hydrogens (primary N) is 1. The van der Waals surface area contributed by atoms with Crippen LogP contribution in [-0.4, -0.2) is 24.0 Å². The summed E-state index contributed by atoms with van der Waals surface area (Å²) in [6.07, 6.45) is 2.93. The minimum Gasteiger partial charge on any atom is -0.493 e. The fourth-order valence-corrected chi connectivity index (χ4v) is 3.82. The predicted molar refractivity (Wildman–Crippen MR) is 114 cm³/mol. The van der Waals surface area contributed by atoms with Crippen molar-refractivity contribution >= 4 is 11.7 Å². The quantitative estimate of drug-likeness (QED) is 0.601. The van der Waals surface area contributed by atoms with Crippen molar-refractivity contribution in [2.45, 2.75) is 19.3 Å². The Kier molecular flexibility index (Phi) is 4.81. The maximum Gasteiger partial charge on any atom is 0.251 e. The molecule has 3 aromatic rings. The molecule has 0 atom stereocenters. The highest BCUT2D eigenvalue weighted by Gasteiger charge is 2.23. The van der Waals surface area contributed by atoms with Crippen LogP contribution >= 0.6 is 0 Å². The van der Waals surface area contributed by atoms with Gasteiger partial charge in [0, 0.05) is 28.8 Å². The Balaban J connectivity index is 1.55. The van der Waals surface area contributed by atoms with Crippen LogP contribution in [0.25, 0.3) is 22.3 Å². The SMILES string of the molecule is Nc1nc(F)c(-c2cccc(OCC3CC3)c2)cc1-c1cc2c(cc1F)C(=O)NCC2. The molecule has 0 unspecified atom stereocenters. The van der Waals surface area contributed by atoms with Crippen LogP contribution in [0.2, 0.25) is 0 Å². The largest absolute Gasteiger partial charge is 0.493 e. The Hall–Kier alpha value is -3.48. The topological polar surface area (TPSA) is 77.2 Å². The van der Waals surface area contributed by atoms with Crippen LogP contribution in [0.15, 0.2) is 42.5 Å². The van der Waals surface area contributed by atoms with Crippen LogP contribution < -0.4 is 15.8 Å². The number of carbonyl (C=O) groups excluding carboxylic acids is 1. The lowest BCUT2D eigenvalue weighted by molar-refractivity contribution is 0.0945. The molecule has 0 spiro atoms. The first-order chi connectivity index (χ1) is 15.0. The van der Waals surface area contributed by atoms with Gasteiger partial charge in [-0.25, -0.2) is 9.37 Å². The standard InChI is InChI=1S/C24H21F2N3O2/c25-21-11-18-15(6-7-28-24(18)30)9-19(21)20-10-17(22(26)29-23(20)27)14-2-1-3-16(8-14)31-12-13-4-5-13/h1-3,8-11,13H,4-7,12H2,(H2,27,29)(H,28,30). The summed E-state index contributed by atoms with van der Waals surface area (Å²) in [6.45, 7) is 1.12. The fourth-order valence-electron chi connectivity index (χ4n) is 3.82. The molecular formula is C24H21F2N3O2. The van der Waals surface area contributed by atoms with Gasteiger partial charge in [-0.1, -0.05) is 12.1 Å². The van der Waals surface area contributed by atoms with Gasteiger partial charge in [-0.05, 0) is 66.6 Å². The zero-order valence-corrected chi connectivity index (χ0v) is 16.8. The number of fused-ring (bicyclic) bond motifs is 1. The van der Waals surface area contributed by atoms with E-state index in [1.807, 2.05) is 6.07 Å². The number of hydrogen-bond acceptors (Lipinski definition) is 4. The molecule has 1 saturated carbocycles. The summed E-state index contributed by atoms with van der Waals surface area (Å²) in [7, 11) is 0. The van der Waals surface area contributed by atoms with Gasteiger partial charge in [-0.3, -0.25) is 4.79 Å². The summed E-state index contributed by atoms with van der Waals surface area (Å²) in [4.78, 5) is 15.8. The van der Waals surface area contributed by atoms with E-state index in [0.29, 0.717) is 42.4 Å². The van der Waals surface area contributed by atoms with E-state index in [9.17, 15) is 13.6 Å². The minimum atomic E-state index is -0.738. The van der Waals surface area contributed by atoms with E-state index in [2.05, 4.69) is 10.3 Å². The van der Waals surface area contributed by atoms with Crippen molar-refractivity contribution in [3.63, 3.8) is 0 Å². The van der Waals surface area contributed by atoms with Gasteiger partial charge in [0.05, 0.1) is 6.61 Å². The second kappa shape index (κ2) is 7.65. The van der Waals surface area contributed by atoms with E-state index >= 15 is 0 Å². The number of halogens is 2. The van der Waals surface area contributed by atoms with Crippen molar-refractivity contribution in [2.24, 2.45) is 5.92 Å². The third-order valence-corrected chi connectivity index (χ3v) is 5.74. The molecule has 2 aromatic carbocycles. The van der Waals surface area contributed by atoms with Crippen LogP contribution in [0, 0.1) is 17.7 Å². The first-order valence-corrected chi connectivity index (χ1v) is 10.3. The van der Waals surface area contributed by atoms with Crippen molar-refractivity contribution in [3.05, 3.63) is 65.4 Å². The zero-order valence-electron chi connectivity index (χ0n) is 16.8. The summed E-state index contributed by atoms with van der Waals surface area (Å²) >= 11 is 0. The van der Waals surface area contributed by atoms with Crippen molar-refractivity contribution in [3.8, 4) is 28.0 Å². The van der Waals surface area contributed by atoms with Gasteiger partial charge in [-0.2, -0.15) is 4.39 Å². The Bertz CT molecular complexity index is 1190.